The molecule has 0 amide bonds. The quantitative estimate of drug-likeness (QED) is 0.835. The van der Waals surface area contributed by atoms with Crippen molar-refractivity contribution in [2.24, 2.45) is 0 Å². The zero-order valence-corrected chi connectivity index (χ0v) is 8.79. The Bertz CT molecular complexity index is 510. The highest BCUT2D eigenvalue weighted by atomic mass is 35.5. The Morgan fingerprint density at radius 2 is 1.94 bits per heavy atom. The third kappa shape index (κ3) is 3.10. The van der Waals surface area contributed by atoms with Gasteiger partial charge in [0.05, 0.1) is 12.4 Å². The number of rotatable bonds is 2. The average molecular weight is 265 g/mol. The molecule has 0 aromatic carbocycles. The molecule has 0 saturated heterocycles. The van der Waals surface area contributed by atoms with E-state index >= 15 is 0 Å². The molecular formula is C9H4ClF3N2O2. The van der Waals surface area contributed by atoms with Crippen LogP contribution in [0.3, 0.4) is 0 Å². The molecule has 0 bridgehead atoms. The average Bonchev–Trinajstić information content (AvgIpc) is 2.63. The number of alkyl halides is 3. The first kappa shape index (κ1) is 11.7. The molecule has 8 heteroatoms. The van der Waals surface area contributed by atoms with Crippen LogP contribution in [0.2, 0.25) is 5.35 Å². The Hall–Kier alpha value is -1.76. The summed E-state index contributed by atoms with van der Waals surface area (Å²) in [5.41, 5.74) is 0.305. The fourth-order valence-corrected chi connectivity index (χ4v) is 1.22. The lowest BCUT2D eigenvalue weighted by atomic mass is 10.3. The Morgan fingerprint density at radius 1 is 1.18 bits per heavy atom. The molecule has 0 N–H and O–H groups in total. The second kappa shape index (κ2) is 4.25. The Balaban J connectivity index is 2.19. The van der Waals surface area contributed by atoms with Crippen molar-refractivity contribution in [2.75, 3.05) is 0 Å². The number of hydrogen-bond acceptors (Lipinski definition) is 4. The molecular weight excluding hydrogens is 261 g/mol. The molecule has 90 valence electrons. The van der Waals surface area contributed by atoms with Crippen molar-refractivity contribution in [3.05, 3.63) is 29.9 Å². The lowest BCUT2D eigenvalue weighted by Crippen LogP contribution is -2.17. The number of halogens is 4. The van der Waals surface area contributed by atoms with Gasteiger partial charge in [0.25, 0.3) is 5.35 Å². The summed E-state index contributed by atoms with van der Waals surface area (Å²) in [6.07, 6.45) is -2.49. The number of hydrogen-bond donors (Lipinski definition) is 0. The van der Waals surface area contributed by atoms with Crippen molar-refractivity contribution < 1.29 is 22.3 Å². The molecule has 0 spiro atoms. The van der Waals surface area contributed by atoms with Crippen LogP contribution in [0.25, 0.3) is 11.5 Å². The van der Waals surface area contributed by atoms with Crippen LogP contribution in [0.4, 0.5) is 13.2 Å². The second-order valence-electron chi connectivity index (χ2n) is 2.90. The maximum atomic E-state index is 11.9. The second-order valence-corrected chi connectivity index (χ2v) is 3.23. The molecule has 0 saturated carbocycles. The summed E-state index contributed by atoms with van der Waals surface area (Å²) in [5, 5.41) is -0.0718. The van der Waals surface area contributed by atoms with Crippen LogP contribution in [-0.4, -0.2) is 16.3 Å². The summed E-state index contributed by atoms with van der Waals surface area (Å²) in [5.74, 6) is -0.152. The highest BCUT2D eigenvalue weighted by Crippen LogP contribution is 2.25. The van der Waals surface area contributed by atoms with Gasteiger partial charge < -0.3 is 9.15 Å². The van der Waals surface area contributed by atoms with Gasteiger partial charge in [-0.15, -0.1) is 13.2 Å². The summed E-state index contributed by atoms with van der Waals surface area (Å²) in [6, 6.07) is 2.42. The number of pyridine rings is 1. The van der Waals surface area contributed by atoms with Gasteiger partial charge in [-0.1, -0.05) is 0 Å². The first-order valence-corrected chi connectivity index (χ1v) is 4.65. The maximum absolute atomic E-state index is 11.9. The van der Waals surface area contributed by atoms with Crippen LogP contribution in [0.1, 0.15) is 0 Å². The van der Waals surface area contributed by atoms with Gasteiger partial charge in [0.15, 0.2) is 5.76 Å². The van der Waals surface area contributed by atoms with Crippen LogP contribution in [0.5, 0.6) is 5.75 Å². The summed E-state index contributed by atoms with van der Waals surface area (Å²) in [7, 11) is 0. The SMILES string of the molecule is FC(F)(F)Oc1ccc(-c2cnc(Cl)o2)nc1. The number of ether oxygens (including phenoxy) is 1. The van der Waals surface area contributed by atoms with E-state index < -0.39 is 12.1 Å². The van der Waals surface area contributed by atoms with E-state index in [4.69, 9.17) is 16.0 Å². The van der Waals surface area contributed by atoms with E-state index in [1.54, 1.807) is 0 Å². The normalized spacial score (nSPS) is 11.5. The molecule has 0 aliphatic rings. The van der Waals surface area contributed by atoms with E-state index in [1.807, 2.05) is 0 Å². The summed E-state index contributed by atoms with van der Waals surface area (Å²) < 4.78 is 44.2. The molecule has 0 aliphatic heterocycles. The maximum Gasteiger partial charge on any atom is 0.573 e. The number of oxazole rings is 1. The summed E-state index contributed by atoms with van der Waals surface area (Å²) >= 11 is 5.45. The summed E-state index contributed by atoms with van der Waals surface area (Å²) in [4.78, 5) is 7.35. The van der Waals surface area contributed by atoms with Gasteiger partial charge in [-0.05, 0) is 23.7 Å². The van der Waals surface area contributed by atoms with Crippen LogP contribution in [-0.2, 0) is 0 Å². The van der Waals surface area contributed by atoms with Crippen molar-refractivity contribution in [1.29, 1.82) is 0 Å². The smallest absolute Gasteiger partial charge is 0.426 e. The first-order chi connectivity index (χ1) is 7.94. The van der Waals surface area contributed by atoms with Crippen LogP contribution in [0.15, 0.2) is 28.9 Å². The lowest BCUT2D eigenvalue weighted by Gasteiger charge is -2.07. The van der Waals surface area contributed by atoms with Crippen LogP contribution < -0.4 is 4.74 Å². The van der Waals surface area contributed by atoms with Crippen molar-refractivity contribution >= 4 is 11.6 Å². The van der Waals surface area contributed by atoms with E-state index in [0.29, 0.717) is 5.69 Å². The molecule has 2 aromatic rings. The highest BCUT2D eigenvalue weighted by Gasteiger charge is 2.31. The van der Waals surface area contributed by atoms with E-state index in [2.05, 4.69) is 14.7 Å². The van der Waals surface area contributed by atoms with Gasteiger partial charge in [0, 0.05) is 0 Å². The third-order valence-electron chi connectivity index (χ3n) is 1.70. The minimum Gasteiger partial charge on any atom is -0.426 e. The Morgan fingerprint density at radius 3 is 2.41 bits per heavy atom. The molecule has 0 radical (unpaired) electrons. The van der Waals surface area contributed by atoms with E-state index in [0.717, 1.165) is 12.3 Å². The number of nitrogens with zero attached hydrogens (tertiary/aromatic N) is 2. The molecule has 0 aliphatic carbocycles. The van der Waals surface area contributed by atoms with Crippen LogP contribution in [0, 0.1) is 0 Å². The van der Waals surface area contributed by atoms with Gasteiger partial charge in [0.1, 0.15) is 11.4 Å². The van der Waals surface area contributed by atoms with E-state index in [1.165, 1.54) is 12.3 Å². The molecule has 2 rings (SSSR count). The van der Waals surface area contributed by atoms with E-state index in [9.17, 15) is 13.2 Å². The van der Waals surface area contributed by atoms with Crippen molar-refractivity contribution in [2.45, 2.75) is 6.36 Å². The monoisotopic (exact) mass is 264 g/mol. The predicted molar refractivity (Wildman–Crippen MR) is 51.4 cm³/mol. The molecule has 2 aromatic heterocycles. The van der Waals surface area contributed by atoms with Gasteiger partial charge >= 0.3 is 6.36 Å². The third-order valence-corrected chi connectivity index (χ3v) is 1.87. The zero-order valence-electron chi connectivity index (χ0n) is 8.03. The fourth-order valence-electron chi connectivity index (χ4n) is 1.09. The zero-order chi connectivity index (χ0) is 12.5. The minimum absolute atomic E-state index is 0.0718. The van der Waals surface area contributed by atoms with E-state index in [-0.39, 0.29) is 11.1 Å². The van der Waals surface area contributed by atoms with Crippen molar-refractivity contribution in [1.82, 2.24) is 9.97 Å². The topological polar surface area (TPSA) is 48.2 Å². The molecule has 17 heavy (non-hydrogen) atoms. The van der Waals surface area contributed by atoms with Gasteiger partial charge in [-0.2, -0.15) is 0 Å². The fraction of sp³-hybridized carbons (Fsp3) is 0.111. The molecule has 0 unspecified atom stereocenters. The van der Waals surface area contributed by atoms with Crippen molar-refractivity contribution in [3.8, 4) is 17.2 Å². The molecule has 0 atom stereocenters. The predicted octanol–water partition coefficient (Wildman–Crippen LogP) is 3.29. The lowest BCUT2D eigenvalue weighted by molar-refractivity contribution is -0.274. The number of aromatic nitrogens is 2. The van der Waals surface area contributed by atoms with Gasteiger partial charge in [-0.3, -0.25) is 0 Å². The van der Waals surface area contributed by atoms with Gasteiger partial charge in [0.2, 0.25) is 0 Å². The van der Waals surface area contributed by atoms with Gasteiger partial charge in [-0.25, -0.2) is 9.97 Å². The largest absolute Gasteiger partial charge is 0.573 e. The first-order valence-electron chi connectivity index (χ1n) is 4.27. The Kier molecular flexibility index (Phi) is 2.93. The van der Waals surface area contributed by atoms with Crippen molar-refractivity contribution in [3.63, 3.8) is 0 Å². The molecule has 4 nitrogen and oxygen atoms in total. The Labute approximate surface area is 98.0 Å². The summed E-state index contributed by atoms with van der Waals surface area (Å²) in [6.45, 7) is 0. The standard InChI is InChI=1S/C9H4ClF3N2O2/c10-8-15-4-7(16-8)6-2-1-5(3-14-6)17-9(11,12)13/h1-4H. The highest BCUT2D eigenvalue weighted by molar-refractivity contribution is 6.27. The molecule has 2 heterocycles. The minimum atomic E-state index is -4.74. The van der Waals surface area contributed by atoms with Crippen LogP contribution >= 0.6 is 11.6 Å². The molecule has 0 fully saturated rings.